The normalized spacial score (nSPS) is 15.9. The number of amides is 1. The Morgan fingerprint density at radius 2 is 1.89 bits per heavy atom. The van der Waals surface area contributed by atoms with Gasteiger partial charge in [-0.25, -0.2) is 0 Å². The molecule has 3 rings (SSSR count). The van der Waals surface area contributed by atoms with Crippen LogP contribution in [0.15, 0.2) is 48.5 Å². The van der Waals surface area contributed by atoms with Gasteiger partial charge in [0.25, 0.3) is 5.91 Å². The van der Waals surface area contributed by atoms with Crippen molar-refractivity contribution in [2.45, 2.75) is 6.04 Å². The highest BCUT2D eigenvalue weighted by atomic mass is 35.5. The van der Waals surface area contributed by atoms with Gasteiger partial charge in [-0.2, -0.15) is 0 Å². The zero-order valence-electron chi connectivity index (χ0n) is 14.9. The van der Waals surface area contributed by atoms with Crippen molar-refractivity contribution in [3.63, 3.8) is 0 Å². The van der Waals surface area contributed by atoms with E-state index in [0.717, 1.165) is 25.2 Å². The number of ether oxygens (including phenoxy) is 2. The molecule has 27 heavy (non-hydrogen) atoms. The molecule has 2 aromatic carbocycles. The Labute approximate surface area is 169 Å². The first-order valence-corrected chi connectivity index (χ1v) is 9.59. The molecule has 5 nitrogen and oxygen atoms in total. The molecule has 0 saturated carbocycles. The molecule has 0 unspecified atom stereocenters. The zero-order chi connectivity index (χ0) is 19.1. The molecule has 1 amide bonds. The number of nitrogens with one attached hydrogen (secondary N) is 1. The van der Waals surface area contributed by atoms with E-state index >= 15 is 0 Å². The van der Waals surface area contributed by atoms with Gasteiger partial charge in [0.2, 0.25) is 0 Å². The quantitative estimate of drug-likeness (QED) is 0.760. The van der Waals surface area contributed by atoms with Crippen molar-refractivity contribution in [1.82, 2.24) is 10.2 Å². The molecule has 2 aromatic rings. The van der Waals surface area contributed by atoms with Crippen LogP contribution < -0.4 is 10.1 Å². The molecule has 1 atom stereocenters. The smallest absolute Gasteiger partial charge is 0.258 e. The lowest BCUT2D eigenvalue weighted by Gasteiger charge is -2.31. The predicted octanol–water partition coefficient (Wildman–Crippen LogP) is 3.56. The number of hydrogen-bond donors (Lipinski definition) is 1. The zero-order valence-corrected chi connectivity index (χ0v) is 16.4. The van der Waals surface area contributed by atoms with E-state index < -0.39 is 0 Å². The summed E-state index contributed by atoms with van der Waals surface area (Å²) in [5, 5.41) is 3.98. The highest BCUT2D eigenvalue weighted by molar-refractivity contribution is 6.34. The lowest BCUT2D eigenvalue weighted by atomic mass is 10.1. The van der Waals surface area contributed by atoms with Crippen molar-refractivity contribution in [2.75, 3.05) is 39.5 Å². The fourth-order valence-electron chi connectivity index (χ4n) is 2.93. The maximum atomic E-state index is 12.5. The second-order valence-corrected chi connectivity index (χ2v) is 7.15. The molecule has 1 N–H and O–H groups in total. The van der Waals surface area contributed by atoms with Crippen molar-refractivity contribution in [3.8, 4) is 5.75 Å². The summed E-state index contributed by atoms with van der Waals surface area (Å²) >= 11 is 12.0. The summed E-state index contributed by atoms with van der Waals surface area (Å²) in [5.74, 6) is 0.178. The number of morpholine rings is 1. The largest absolute Gasteiger partial charge is 0.482 e. The number of rotatable bonds is 7. The first-order chi connectivity index (χ1) is 13.1. The minimum atomic E-state index is -0.215. The minimum absolute atomic E-state index is 0.129. The van der Waals surface area contributed by atoms with E-state index in [4.69, 9.17) is 32.7 Å². The van der Waals surface area contributed by atoms with Crippen LogP contribution in [0.25, 0.3) is 0 Å². The molecule has 144 valence electrons. The van der Waals surface area contributed by atoms with E-state index in [9.17, 15) is 4.79 Å². The summed E-state index contributed by atoms with van der Waals surface area (Å²) < 4.78 is 10.9. The molecule has 0 aliphatic carbocycles. The van der Waals surface area contributed by atoms with Gasteiger partial charge in [0.05, 0.1) is 24.3 Å². The summed E-state index contributed by atoms with van der Waals surface area (Å²) in [5.41, 5.74) is 1.05. The third kappa shape index (κ3) is 6.11. The Bertz CT molecular complexity index is 752. The van der Waals surface area contributed by atoms with Gasteiger partial charge in [-0.3, -0.25) is 9.69 Å². The number of hydrogen-bond acceptors (Lipinski definition) is 4. The van der Waals surface area contributed by atoms with Crippen molar-refractivity contribution < 1.29 is 14.3 Å². The summed E-state index contributed by atoms with van der Waals surface area (Å²) in [6, 6.07) is 14.7. The summed E-state index contributed by atoms with van der Waals surface area (Å²) in [7, 11) is 0. The van der Waals surface area contributed by atoms with Crippen LogP contribution in [-0.4, -0.2) is 50.3 Å². The molecule has 0 spiro atoms. The second kappa shape index (κ2) is 9.95. The van der Waals surface area contributed by atoms with Crippen LogP contribution in [0.4, 0.5) is 0 Å². The van der Waals surface area contributed by atoms with Crippen molar-refractivity contribution in [1.29, 1.82) is 0 Å². The van der Waals surface area contributed by atoms with Crippen LogP contribution in [0.2, 0.25) is 10.0 Å². The fraction of sp³-hybridized carbons (Fsp3) is 0.350. The SMILES string of the molecule is O=C(COc1cc(Cl)ccc1Cl)N[C@H](CN1CCOCC1)c1ccccc1. The summed E-state index contributed by atoms with van der Waals surface area (Å²) in [4.78, 5) is 14.8. The molecular formula is C20H22Cl2N2O3. The highest BCUT2D eigenvalue weighted by Crippen LogP contribution is 2.27. The van der Waals surface area contributed by atoms with Gasteiger partial charge in [0.1, 0.15) is 5.75 Å². The van der Waals surface area contributed by atoms with Gasteiger partial charge >= 0.3 is 0 Å². The topological polar surface area (TPSA) is 50.8 Å². The van der Waals surface area contributed by atoms with Crippen molar-refractivity contribution in [3.05, 3.63) is 64.1 Å². The maximum absolute atomic E-state index is 12.5. The Balaban J connectivity index is 1.62. The maximum Gasteiger partial charge on any atom is 0.258 e. The molecule has 1 aliphatic rings. The summed E-state index contributed by atoms with van der Waals surface area (Å²) in [6.45, 7) is 3.73. The van der Waals surface area contributed by atoms with Crippen molar-refractivity contribution in [2.24, 2.45) is 0 Å². The molecule has 1 saturated heterocycles. The third-order valence-electron chi connectivity index (χ3n) is 4.33. The monoisotopic (exact) mass is 408 g/mol. The first kappa shape index (κ1) is 20.0. The van der Waals surface area contributed by atoms with E-state index in [1.807, 2.05) is 30.3 Å². The summed E-state index contributed by atoms with van der Waals surface area (Å²) in [6.07, 6.45) is 0. The van der Waals surface area contributed by atoms with Crippen LogP contribution >= 0.6 is 23.2 Å². The van der Waals surface area contributed by atoms with Crippen LogP contribution in [0.1, 0.15) is 11.6 Å². The van der Waals surface area contributed by atoms with Gasteiger partial charge in [0.15, 0.2) is 6.61 Å². The minimum Gasteiger partial charge on any atom is -0.482 e. The first-order valence-electron chi connectivity index (χ1n) is 8.84. The van der Waals surface area contributed by atoms with Crippen LogP contribution in [0.5, 0.6) is 5.75 Å². The van der Waals surface area contributed by atoms with E-state index in [1.54, 1.807) is 18.2 Å². The lowest BCUT2D eigenvalue weighted by molar-refractivity contribution is -0.124. The molecule has 0 aromatic heterocycles. The van der Waals surface area contributed by atoms with Crippen LogP contribution in [-0.2, 0) is 9.53 Å². The lowest BCUT2D eigenvalue weighted by Crippen LogP contribution is -2.44. The van der Waals surface area contributed by atoms with Gasteiger partial charge < -0.3 is 14.8 Å². The Hall–Kier alpha value is -1.79. The van der Waals surface area contributed by atoms with Crippen LogP contribution in [0.3, 0.4) is 0 Å². The standard InChI is InChI=1S/C20H22Cl2N2O3/c21-16-6-7-17(22)19(12-16)27-14-20(25)23-18(15-4-2-1-3-5-15)13-24-8-10-26-11-9-24/h1-7,12,18H,8-11,13-14H2,(H,23,25)/t18-/m1/s1. The van der Waals surface area contributed by atoms with Gasteiger partial charge in [0, 0.05) is 30.7 Å². The Kier molecular flexibility index (Phi) is 7.35. The number of benzene rings is 2. The average molecular weight is 409 g/mol. The number of nitrogens with zero attached hydrogens (tertiary/aromatic N) is 1. The highest BCUT2D eigenvalue weighted by Gasteiger charge is 2.20. The number of carbonyl (C=O) groups excluding carboxylic acids is 1. The van der Waals surface area contributed by atoms with Gasteiger partial charge in [-0.05, 0) is 17.7 Å². The molecule has 7 heteroatoms. The molecule has 1 fully saturated rings. The van der Waals surface area contributed by atoms with Gasteiger partial charge in [-0.1, -0.05) is 53.5 Å². The Morgan fingerprint density at radius 1 is 1.15 bits per heavy atom. The predicted molar refractivity (Wildman–Crippen MR) is 107 cm³/mol. The molecule has 0 bridgehead atoms. The molecule has 1 aliphatic heterocycles. The van der Waals surface area contributed by atoms with E-state index in [0.29, 0.717) is 29.0 Å². The molecule has 0 radical (unpaired) electrons. The van der Waals surface area contributed by atoms with E-state index in [1.165, 1.54) is 0 Å². The van der Waals surface area contributed by atoms with Gasteiger partial charge in [-0.15, -0.1) is 0 Å². The number of carbonyl (C=O) groups is 1. The Morgan fingerprint density at radius 3 is 2.63 bits per heavy atom. The average Bonchev–Trinajstić information content (AvgIpc) is 2.69. The fourth-order valence-corrected chi connectivity index (χ4v) is 3.26. The van der Waals surface area contributed by atoms with Crippen molar-refractivity contribution >= 4 is 29.1 Å². The van der Waals surface area contributed by atoms with Crippen LogP contribution in [0, 0.1) is 0 Å². The second-order valence-electron chi connectivity index (χ2n) is 6.31. The molecular weight excluding hydrogens is 387 g/mol. The van der Waals surface area contributed by atoms with E-state index in [2.05, 4.69) is 10.2 Å². The molecule has 1 heterocycles. The van der Waals surface area contributed by atoms with E-state index in [-0.39, 0.29) is 18.6 Å². The third-order valence-corrected chi connectivity index (χ3v) is 4.88. The number of halogens is 2.